The quantitative estimate of drug-likeness (QED) is 0.807. The Morgan fingerprint density at radius 3 is 2.28 bits per heavy atom. The average molecular weight is 367 g/mol. The molecule has 1 N–H and O–H groups in total. The van der Waals surface area contributed by atoms with Gasteiger partial charge in [-0.1, -0.05) is 43.7 Å². The first-order chi connectivity index (χ1) is 11.8. The van der Waals surface area contributed by atoms with Crippen LogP contribution in [-0.4, -0.2) is 38.4 Å². The molecule has 1 aliphatic rings. The number of hydrogen-bond donors (Lipinski definition) is 1. The smallest absolute Gasteiger partial charge is 0.240 e. The zero-order chi connectivity index (χ0) is 18.4. The molecule has 1 aromatic rings. The van der Waals surface area contributed by atoms with Crippen LogP contribution in [0.1, 0.15) is 50.7 Å². The van der Waals surface area contributed by atoms with E-state index in [0.29, 0.717) is 6.42 Å². The molecule has 1 saturated heterocycles. The molecule has 0 unspecified atom stereocenters. The van der Waals surface area contributed by atoms with Crippen LogP contribution in [0.25, 0.3) is 0 Å². The number of hydrogen-bond acceptors (Lipinski definition) is 3. The summed E-state index contributed by atoms with van der Waals surface area (Å²) in [7, 11) is -3.57. The van der Waals surface area contributed by atoms with Gasteiger partial charge >= 0.3 is 0 Å². The number of sulfonamides is 1. The maximum absolute atomic E-state index is 12.8. The first-order valence-corrected chi connectivity index (χ1v) is 10.8. The molecule has 1 heterocycles. The van der Waals surface area contributed by atoms with Gasteiger partial charge in [0.15, 0.2) is 0 Å². The van der Waals surface area contributed by atoms with E-state index in [1.54, 1.807) is 0 Å². The van der Waals surface area contributed by atoms with E-state index in [0.717, 1.165) is 43.5 Å². The molecule has 25 heavy (non-hydrogen) atoms. The monoisotopic (exact) mass is 366 g/mol. The van der Waals surface area contributed by atoms with E-state index in [4.69, 9.17) is 0 Å². The number of likely N-dealkylation sites (tertiary alicyclic amines) is 1. The van der Waals surface area contributed by atoms with Gasteiger partial charge in [0, 0.05) is 13.1 Å². The standard InChI is InChI=1S/C19H30N2O3S/c1-15(2)13-18(19(22)21-11-5-4-6-12-21)20-25(23,24)14-17-9-7-16(3)8-10-17/h7-10,15,18,20H,4-6,11-14H2,1-3H3/t18-/m0/s1. The number of rotatable bonds is 7. The van der Waals surface area contributed by atoms with Gasteiger partial charge in [0.25, 0.3) is 0 Å². The van der Waals surface area contributed by atoms with Crippen LogP contribution in [-0.2, 0) is 20.6 Å². The van der Waals surface area contributed by atoms with E-state index < -0.39 is 16.1 Å². The van der Waals surface area contributed by atoms with E-state index in [9.17, 15) is 13.2 Å². The Balaban J connectivity index is 2.08. The first kappa shape index (κ1) is 19.9. The van der Waals surface area contributed by atoms with Crippen molar-refractivity contribution in [1.29, 1.82) is 0 Å². The van der Waals surface area contributed by atoms with Crippen molar-refractivity contribution in [3.63, 3.8) is 0 Å². The molecule has 5 nitrogen and oxygen atoms in total. The second kappa shape index (κ2) is 8.81. The summed E-state index contributed by atoms with van der Waals surface area (Å²) in [5.74, 6) is 0.0523. The third-order valence-corrected chi connectivity index (χ3v) is 5.83. The molecule has 1 aromatic carbocycles. The van der Waals surface area contributed by atoms with Gasteiger partial charge in [0.1, 0.15) is 6.04 Å². The second-order valence-electron chi connectivity index (χ2n) is 7.43. The van der Waals surface area contributed by atoms with E-state index in [2.05, 4.69) is 4.72 Å². The van der Waals surface area contributed by atoms with E-state index in [-0.39, 0.29) is 17.6 Å². The van der Waals surface area contributed by atoms with Crippen molar-refractivity contribution in [2.75, 3.05) is 13.1 Å². The summed E-state index contributed by atoms with van der Waals surface area (Å²) in [6.45, 7) is 7.43. The van der Waals surface area contributed by atoms with Crippen molar-refractivity contribution in [2.24, 2.45) is 5.92 Å². The lowest BCUT2D eigenvalue weighted by Crippen LogP contribution is -2.50. The lowest BCUT2D eigenvalue weighted by molar-refractivity contribution is -0.134. The van der Waals surface area contributed by atoms with Crippen molar-refractivity contribution < 1.29 is 13.2 Å². The SMILES string of the molecule is Cc1ccc(CS(=O)(=O)N[C@@H](CC(C)C)C(=O)N2CCCCC2)cc1. The molecule has 140 valence electrons. The fourth-order valence-corrected chi connectivity index (χ4v) is 4.51. The van der Waals surface area contributed by atoms with Gasteiger partial charge in [-0.2, -0.15) is 0 Å². The van der Waals surface area contributed by atoms with Gasteiger partial charge in [-0.05, 0) is 44.1 Å². The Morgan fingerprint density at radius 1 is 1.12 bits per heavy atom. The number of carbonyl (C=O) groups excluding carboxylic acids is 1. The molecular weight excluding hydrogens is 336 g/mol. The van der Waals surface area contributed by atoms with Crippen LogP contribution >= 0.6 is 0 Å². The van der Waals surface area contributed by atoms with Crippen molar-refractivity contribution in [1.82, 2.24) is 9.62 Å². The zero-order valence-corrected chi connectivity index (χ0v) is 16.3. The molecule has 0 radical (unpaired) electrons. The molecule has 6 heteroatoms. The van der Waals surface area contributed by atoms with Crippen molar-refractivity contribution in [3.8, 4) is 0 Å². The molecule has 0 spiro atoms. The molecule has 0 aromatic heterocycles. The summed E-state index contributed by atoms with van der Waals surface area (Å²) in [5, 5.41) is 0. The molecule has 0 saturated carbocycles. The maximum atomic E-state index is 12.8. The highest BCUT2D eigenvalue weighted by Crippen LogP contribution is 2.15. The molecule has 1 aliphatic heterocycles. The van der Waals surface area contributed by atoms with Gasteiger partial charge < -0.3 is 4.90 Å². The average Bonchev–Trinajstić information content (AvgIpc) is 2.55. The number of benzene rings is 1. The largest absolute Gasteiger partial charge is 0.341 e. The summed E-state index contributed by atoms with van der Waals surface area (Å²) >= 11 is 0. The number of piperidine rings is 1. The topological polar surface area (TPSA) is 66.5 Å². The normalized spacial score (nSPS) is 16.9. The van der Waals surface area contributed by atoms with Gasteiger partial charge in [0.2, 0.25) is 15.9 Å². The third-order valence-electron chi connectivity index (χ3n) is 4.47. The summed E-state index contributed by atoms with van der Waals surface area (Å²) in [4.78, 5) is 14.6. The Bertz CT molecular complexity index is 662. The molecule has 0 bridgehead atoms. The van der Waals surface area contributed by atoms with Crippen molar-refractivity contribution >= 4 is 15.9 Å². The lowest BCUT2D eigenvalue weighted by Gasteiger charge is -2.31. The highest BCUT2D eigenvalue weighted by atomic mass is 32.2. The first-order valence-electron chi connectivity index (χ1n) is 9.11. The van der Waals surface area contributed by atoms with Crippen molar-refractivity contribution in [2.45, 2.75) is 58.2 Å². The third kappa shape index (κ3) is 6.44. The minimum atomic E-state index is -3.57. The Kier molecular flexibility index (Phi) is 7.02. The Labute approximate surface area is 151 Å². The molecular formula is C19H30N2O3S. The highest BCUT2D eigenvalue weighted by molar-refractivity contribution is 7.88. The predicted octanol–water partition coefficient (Wildman–Crippen LogP) is 2.84. The number of nitrogens with one attached hydrogen (secondary N) is 1. The van der Waals surface area contributed by atoms with Crippen LogP contribution < -0.4 is 4.72 Å². The maximum Gasteiger partial charge on any atom is 0.240 e. The molecule has 1 fully saturated rings. The summed E-state index contributed by atoms with van der Waals surface area (Å²) in [6, 6.07) is 6.76. The number of carbonyl (C=O) groups is 1. The minimum Gasteiger partial charge on any atom is -0.341 e. The Morgan fingerprint density at radius 2 is 1.72 bits per heavy atom. The molecule has 2 rings (SSSR count). The number of amides is 1. The van der Waals surface area contributed by atoms with Gasteiger partial charge in [-0.25, -0.2) is 13.1 Å². The molecule has 1 amide bonds. The minimum absolute atomic E-state index is 0.0825. The zero-order valence-electron chi connectivity index (χ0n) is 15.5. The van der Waals surface area contributed by atoms with E-state index >= 15 is 0 Å². The summed E-state index contributed by atoms with van der Waals surface area (Å²) in [6.07, 6.45) is 3.65. The highest BCUT2D eigenvalue weighted by Gasteiger charge is 2.29. The second-order valence-corrected chi connectivity index (χ2v) is 9.18. The van der Waals surface area contributed by atoms with Gasteiger partial charge in [-0.15, -0.1) is 0 Å². The van der Waals surface area contributed by atoms with Crippen LogP contribution in [0.5, 0.6) is 0 Å². The van der Waals surface area contributed by atoms with Crippen LogP contribution in [0.3, 0.4) is 0 Å². The van der Waals surface area contributed by atoms with Crippen LogP contribution in [0.15, 0.2) is 24.3 Å². The van der Waals surface area contributed by atoms with Crippen LogP contribution in [0.4, 0.5) is 0 Å². The van der Waals surface area contributed by atoms with Crippen LogP contribution in [0, 0.1) is 12.8 Å². The predicted molar refractivity (Wildman–Crippen MR) is 101 cm³/mol. The summed E-state index contributed by atoms with van der Waals surface area (Å²) < 4.78 is 27.8. The lowest BCUT2D eigenvalue weighted by atomic mass is 10.0. The fourth-order valence-electron chi connectivity index (χ4n) is 3.17. The van der Waals surface area contributed by atoms with Crippen molar-refractivity contribution in [3.05, 3.63) is 35.4 Å². The summed E-state index contributed by atoms with van der Waals surface area (Å²) in [5.41, 5.74) is 1.82. The molecule has 0 aliphatic carbocycles. The molecule has 1 atom stereocenters. The number of aryl methyl sites for hydroxylation is 1. The van der Waals surface area contributed by atoms with E-state index in [1.807, 2.05) is 49.9 Å². The number of nitrogens with zero attached hydrogens (tertiary/aromatic N) is 1. The fraction of sp³-hybridized carbons (Fsp3) is 0.632. The van der Waals surface area contributed by atoms with E-state index in [1.165, 1.54) is 0 Å². The van der Waals surface area contributed by atoms with Gasteiger partial charge in [0.05, 0.1) is 5.75 Å². The Hall–Kier alpha value is -1.40. The van der Waals surface area contributed by atoms with Crippen LogP contribution in [0.2, 0.25) is 0 Å². The van der Waals surface area contributed by atoms with Gasteiger partial charge in [-0.3, -0.25) is 4.79 Å².